The highest BCUT2D eigenvalue weighted by Gasteiger charge is 2.32. The first-order chi connectivity index (χ1) is 12.1. The fourth-order valence-corrected chi connectivity index (χ4v) is 4.40. The average Bonchev–Trinajstić information content (AvgIpc) is 2.56. The Labute approximate surface area is 156 Å². The molecule has 26 heavy (non-hydrogen) atoms. The quantitative estimate of drug-likeness (QED) is 0.803. The van der Waals surface area contributed by atoms with Crippen LogP contribution < -0.4 is 14.4 Å². The molecule has 0 radical (unpaired) electrons. The lowest BCUT2D eigenvalue weighted by Gasteiger charge is -2.33. The van der Waals surface area contributed by atoms with Crippen LogP contribution in [0.3, 0.4) is 0 Å². The summed E-state index contributed by atoms with van der Waals surface area (Å²) in [7, 11) is -0.141. The van der Waals surface area contributed by atoms with E-state index in [1.54, 1.807) is 19.1 Å². The number of ether oxygens (including phenoxy) is 1. The van der Waals surface area contributed by atoms with E-state index in [2.05, 4.69) is 17.3 Å². The normalized spacial score (nSPS) is 17.6. The van der Waals surface area contributed by atoms with Gasteiger partial charge in [-0.3, -0.25) is 9.10 Å². The third-order valence-electron chi connectivity index (χ3n) is 4.73. The van der Waals surface area contributed by atoms with Gasteiger partial charge in [0, 0.05) is 6.04 Å². The van der Waals surface area contributed by atoms with Gasteiger partial charge < -0.3 is 15.0 Å². The number of hydrogen-bond acceptors (Lipinski definition) is 5. The van der Waals surface area contributed by atoms with E-state index in [-0.39, 0.29) is 11.9 Å². The molecular weight excluding hydrogens is 354 g/mol. The van der Waals surface area contributed by atoms with Crippen LogP contribution in [-0.4, -0.2) is 64.8 Å². The summed E-state index contributed by atoms with van der Waals surface area (Å²) in [6.07, 6.45) is 2.83. The fourth-order valence-electron chi connectivity index (χ4n) is 3.23. The number of likely N-dealkylation sites (tertiary alicyclic amines) is 1. The number of hydrogen-bond donors (Lipinski definition) is 1. The predicted molar refractivity (Wildman–Crippen MR) is 103 cm³/mol. The largest absolute Gasteiger partial charge is 0.495 e. The molecule has 1 atom stereocenters. The van der Waals surface area contributed by atoms with Crippen LogP contribution in [0, 0.1) is 6.92 Å². The number of anilines is 1. The van der Waals surface area contributed by atoms with Crippen LogP contribution in [0.25, 0.3) is 0 Å². The molecule has 0 unspecified atom stereocenters. The molecule has 1 saturated heterocycles. The lowest BCUT2D eigenvalue weighted by molar-refractivity contribution is -0.122. The van der Waals surface area contributed by atoms with E-state index in [0.717, 1.165) is 42.1 Å². The lowest BCUT2D eigenvalue weighted by atomic mass is 10.1. The minimum absolute atomic E-state index is 0.0713. The zero-order valence-corrected chi connectivity index (χ0v) is 17.0. The van der Waals surface area contributed by atoms with Gasteiger partial charge in [0.05, 0.1) is 19.1 Å². The number of aryl methyl sites for hydroxylation is 1. The molecule has 1 fully saturated rings. The molecule has 0 spiro atoms. The molecule has 2 rings (SSSR count). The van der Waals surface area contributed by atoms with Gasteiger partial charge in [-0.25, -0.2) is 8.42 Å². The van der Waals surface area contributed by atoms with Crippen molar-refractivity contribution in [1.82, 2.24) is 10.2 Å². The molecule has 1 N–H and O–H groups in total. The summed E-state index contributed by atoms with van der Waals surface area (Å²) in [6.45, 7) is 5.31. The van der Waals surface area contributed by atoms with Crippen molar-refractivity contribution in [2.75, 3.05) is 37.8 Å². The maximum absolute atomic E-state index is 12.8. The third kappa shape index (κ3) is 4.88. The van der Waals surface area contributed by atoms with Crippen LogP contribution in [0.5, 0.6) is 5.75 Å². The Hall–Kier alpha value is -1.80. The molecule has 146 valence electrons. The predicted octanol–water partition coefficient (Wildman–Crippen LogP) is 1.37. The van der Waals surface area contributed by atoms with Crippen molar-refractivity contribution >= 4 is 21.6 Å². The van der Waals surface area contributed by atoms with Crippen LogP contribution in [0.1, 0.15) is 25.3 Å². The monoisotopic (exact) mass is 383 g/mol. The molecule has 1 aliphatic rings. The number of nitrogens with zero attached hydrogens (tertiary/aromatic N) is 2. The Morgan fingerprint density at radius 1 is 1.35 bits per heavy atom. The van der Waals surface area contributed by atoms with Gasteiger partial charge in [0.2, 0.25) is 15.9 Å². The van der Waals surface area contributed by atoms with Crippen LogP contribution in [-0.2, 0) is 14.8 Å². The van der Waals surface area contributed by atoms with Crippen molar-refractivity contribution in [1.29, 1.82) is 0 Å². The highest BCUT2D eigenvalue weighted by molar-refractivity contribution is 7.92. The molecule has 0 bridgehead atoms. The van der Waals surface area contributed by atoms with Gasteiger partial charge in [-0.1, -0.05) is 6.07 Å². The fraction of sp³-hybridized carbons (Fsp3) is 0.611. The van der Waals surface area contributed by atoms with Crippen LogP contribution in [0.4, 0.5) is 5.69 Å². The average molecular weight is 384 g/mol. The van der Waals surface area contributed by atoms with E-state index in [1.165, 1.54) is 7.11 Å². The second-order valence-corrected chi connectivity index (χ2v) is 8.86. The number of piperidine rings is 1. The van der Waals surface area contributed by atoms with Gasteiger partial charge in [-0.15, -0.1) is 0 Å². The summed E-state index contributed by atoms with van der Waals surface area (Å²) in [5.74, 6) is 0.119. The van der Waals surface area contributed by atoms with E-state index in [1.807, 2.05) is 13.0 Å². The molecule has 1 amide bonds. The Morgan fingerprint density at radius 2 is 1.96 bits per heavy atom. The van der Waals surface area contributed by atoms with Crippen molar-refractivity contribution in [3.05, 3.63) is 23.8 Å². The van der Waals surface area contributed by atoms with Crippen LogP contribution in [0.15, 0.2) is 18.2 Å². The van der Waals surface area contributed by atoms with Gasteiger partial charge in [0.25, 0.3) is 0 Å². The van der Waals surface area contributed by atoms with Crippen molar-refractivity contribution in [3.63, 3.8) is 0 Å². The zero-order valence-electron chi connectivity index (χ0n) is 16.2. The molecule has 1 heterocycles. The van der Waals surface area contributed by atoms with Gasteiger partial charge in [0.1, 0.15) is 11.8 Å². The molecule has 7 nitrogen and oxygen atoms in total. The molecule has 0 aromatic heterocycles. The number of benzene rings is 1. The van der Waals surface area contributed by atoms with E-state index in [0.29, 0.717) is 11.4 Å². The molecule has 8 heteroatoms. The van der Waals surface area contributed by atoms with E-state index < -0.39 is 16.1 Å². The number of carbonyl (C=O) groups is 1. The maximum atomic E-state index is 12.8. The lowest BCUT2D eigenvalue weighted by Crippen LogP contribution is -2.52. The second kappa shape index (κ2) is 8.26. The number of sulfonamides is 1. The molecule has 1 aromatic rings. The van der Waals surface area contributed by atoms with Gasteiger partial charge in [-0.2, -0.15) is 0 Å². The molecular formula is C18H29N3O4S. The van der Waals surface area contributed by atoms with Crippen molar-refractivity contribution in [3.8, 4) is 5.75 Å². The van der Waals surface area contributed by atoms with Gasteiger partial charge >= 0.3 is 0 Å². The first-order valence-electron chi connectivity index (χ1n) is 8.76. The summed E-state index contributed by atoms with van der Waals surface area (Å²) < 4.78 is 31.4. The Kier molecular flexibility index (Phi) is 6.52. The van der Waals surface area contributed by atoms with Crippen LogP contribution in [0.2, 0.25) is 0 Å². The zero-order chi connectivity index (χ0) is 19.5. The van der Waals surface area contributed by atoms with Gasteiger partial charge in [0.15, 0.2) is 0 Å². The van der Waals surface area contributed by atoms with E-state index in [4.69, 9.17) is 4.74 Å². The molecule has 0 aliphatic carbocycles. The summed E-state index contributed by atoms with van der Waals surface area (Å²) >= 11 is 0. The standard InChI is InChI=1S/C18H29N3O4S/c1-13-6-7-17(25-4)16(12-13)21(26(5,23)24)14(2)18(22)19-15-8-10-20(3)11-9-15/h6-7,12,14-15H,8-11H2,1-5H3,(H,19,22)/t14-/m0/s1. The topological polar surface area (TPSA) is 79.0 Å². The summed E-state index contributed by atoms with van der Waals surface area (Å²) in [5, 5.41) is 3.00. The first kappa shape index (κ1) is 20.5. The number of carbonyl (C=O) groups excluding carboxylic acids is 1. The SMILES string of the molecule is COc1ccc(C)cc1N([C@@H](C)C(=O)NC1CCN(C)CC1)S(C)(=O)=O. The van der Waals surface area contributed by atoms with Crippen molar-refractivity contribution in [2.24, 2.45) is 0 Å². The smallest absolute Gasteiger partial charge is 0.243 e. The summed E-state index contributed by atoms with van der Waals surface area (Å²) in [5.41, 5.74) is 1.26. The first-order valence-corrected chi connectivity index (χ1v) is 10.6. The van der Waals surface area contributed by atoms with E-state index in [9.17, 15) is 13.2 Å². The maximum Gasteiger partial charge on any atom is 0.243 e. The number of rotatable bonds is 6. The second-order valence-electron chi connectivity index (χ2n) is 7.00. The Morgan fingerprint density at radius 3 is 2.50 bits per heavy atom. The number of methoxy groups -OCH3 is 1. The Balaban J connectivity index is 2.27. The van der Waals surface area contributed by atoms with Crippen LogP contribution >= 0.6 is 0 Å². The molecule has 1 aliphatic heterocycles. The third-order valence-corrected chi connectivity index (χ3v) is 5.95. The summed E-state index contributed by atoms with van der Waals surface area (Å²) in [6, 6.07) is 4.47. The minimum Gasteiger partial charge on any atom is -0.495 e. The Bertz CT molecular complexity index is 743. The summed E-state index contributed by atoms with van der Waals surface area (Å²) in [4.78, 5) is 15.0. The highest BCUT2D eigenvalue weighted by Crippen LogP contribution is 2.32. The van der Waals surface area contributed by atoms with Gasteiger partial charge in [-0.05, 0) is 64.5 Å². The minimum atomic E-state index is -3.68. The number of nitrogens with one attached hydrogen (secondary N) is 1. The molecule has 0 saturated carbocycles. The highest BCUT2D eigenvalue weighted by atomic mass is 32.2. The molecule has 1 aromatic carbocycles. The number of amides is 1. The van der Waals surface area contributed by atoms with Crippen molar-refractivity contribution in [2.45, 2.75) is 38.8 Å². The van der Waals surface area contributed by atoms with E-state index >= 15 is 0 Å². The van der Waals surface area contributed by atoms with Crippen molar-refractivity contribution < 1.29 is 17.9 Å².